The third kappa shape index (κ3) is 4.06. The second kappa shape index (κ2) is 7.49. The summed E-state index contributed by atoms with van der Waals surface area (Å²) >= 11 is 1.53. The molecule has 0 spiro atoms. The molecule has 0 bridgehead atoms. The highest BCUT2D eigenvalue weighted by Crippen LogP contribution is 2.37. The Bertz CT molecular complexity index is 847. The van der Waals surface area contributed by atoms with E-state index in [9.17, 15) is 14.9 Å². The lowest BCUT2D eigenvalue weighted by Crippen LogP contribution is -2.14. The van der Waals surface area contributed by atoms with Gasteiger partial charge in [0, 0.05) is 17.5 Å². The molecule has 0 radical (unpaired) electrons. The minimum atomic E-state index is -0.137. The Morgan fingerprint density at radius 1 is 1.16 bits per heavy atom. The summed E-state index contributed by atoms with van der Waals surface area (Å²) in [6.45, 7) is 1.45. The quantitative estimate of drug-likeness (QED) is 0.880. The summed E-state index contributed by atoms with van der Waals surface area (Å²) in [5, 5.41) is 15.7. The molecule has 5 nitrogen and oxygen atoms in total. The van der Waals surface area contributed by atoms with Gasteiger partial charge in [0.05, 0.1) is 12.0 Å². The molecule has 2 amide bonds. The molecule has 25 heavy (non-hydrogen) atoms. The zero-order chi connectivity index (χ0) is 17.8. The molecule has 1 aliphatic carbocycles. The van der Waals surface area contributed by atoms with Crippen molar-refractivity contribution in [1.29, 1.82) is 5.26 Å². The molecule has 1 aromatic heterocycles. The summed E-state index contributed by atoms with van der Waals surface area (Å²) in [5.41, 5.74) is 3.31. The van der Waals surface area contributed by atoms with Crippen molar-refractivity contribution in [1.82, 2.24) is 0 Å². The van der Waals surface area contributed by atoms with E-state index < -0.39 is 0 Å². The lowest BCUT2D eigenvalue weighted by Gasteiger charge is -2.09. The number of carbonyl (C=O) groups is 2. The highest BCUT2D eigenvalue weighted by Gasteiger charge is 2.21. The zero-order valence-electron chi connectivity index (χ0n) is 14.0. The molecule has 1 aromatic carbocycles. The SMILES string of the molecule is CC(=O)Nc1ccc(CC(=O)Nc2sc3c(c2C#N)CCCC3)cc1. The fourth-order valence-corrected chi connectivity index (χ4v) is 4.29. The molecule has 128 valence electrons. The Morgan fingerprint density at radius 2 is 1.88 bits per heavy atom. The molecule has 2 N–H and O–H groups in total. The van der Waals surface area contributed by atoms with Crippen LogP contribution >= 0.6 is 11.3 Å². The van der Waals surface area contributed by atoms with Crippen LogP contribution in [0.15, 0.2) is 24.3 Å². The summed E-state index contributed by atoms with van der Waals surface area (Å²) in [7, 11) is 0. The van der Waals surface area contributed by atoms with Gasteiger partial charge >= 0.3 is 0 Å². The van der Waals surface area contributed by atoms with E-state index in [4.69, 9.17) is 0 Å². The molecule has 1 heterocycles. The third-order valence-electron chi connectivity index (χ3n) is 4.18. The fraction of sp³-hybridized carbons (Fsp3) is 0.316. The molecule has 0 saturated heterocycles. The van der Waals surface area contributed by atoms with E-state index in [1.807, 2.05) is 12.1 Å². The first-order valence-electron chi connectivity index (χ1n) is 8.28. The number of aryl methyl sites for hydroxylation is 1. The molecule has 6 heteroatoms. The lowest BCUT2D eigenvalue weighted by molar-refractivity contribution is -0.116. The predicted octanol–water partition coefficient (Wildman–Crippen LogP) is 3.64. The van der Waals surface area contributed by atoms with E-state index in [1.54, 1.807) is 12.1 Å². The Kier molecular flexibility index (Phi) is 5.15. The number of nitriles is 1. The predicted molar refractivity (Wildman–Crippen MR) is 98.8 cm³/mol. The fourth-order valence-electron chi connectivity index (χ4n) is 3.04. The Morgan fingerprint density at radius 3 is 2.56 bits per heavy atom. The van der Waals surface area contributed by atoms with Crippen LogP contribution in [0.25, 0.3) is 0 Å². The van der Waals surface area contributed by atoms with Crippen LogP contribution in [0.3, 0.4) is 0 Å². The van der Waals surface area contributed by atoms with Gasteiger partial charge in [-0.3, -0.25) is 9.59 Å². The summed E-state index contributed by atoms with van der Waals surface area (Å²) in [4.78, 5) is 24.6. The van der Waals surface area contributed by atoms with Gasteiger partial charge in [0.2, 0.25) is 11.8 Å². The highest BCUT2D eigenvalue weighted by molar-refractivity contribution is 7.16. The molecule has 1 aliphatic rings. The van der Waals surface area contributed by atoms with Crippen molar-refractivity contribution in [3.8, 4) is 6.07 Å². The average molecular weight is 353 g/mol. The molecule has 0 atom stereocenters. The van der Waals surface area contributed by atoms with Crippen LogP contribution < -0.4 is 10.6 Å². The van der Waals surface area contributed by atoms with Crippen LogP contribution in [-0.2, 0) is 28.9 Å². The lowest BCUT2D eigenvalue weighted by atomic mass is 9.96. The summed E-state index contributed by atoms with van der Waals surface area (Å²) in [5.74, 6) is -0.265. The number of nitrogens with one attached hydrogen (secondary N) is 2. The third-order valence-corrected chi connectivity index (χ3v) is 5.38. The monoisotopic (exact) mass is 353 g/mol. The maximum atomic E-state index is 12.3. The molecular formula is C19H19N3O2S. The van der Waals surface area contributed by atoms with Crippen LogP contribution in [0.5, 0.6) is 0 Å². The summed E-state index contributed by atoms with van der Waals surface area (Å²) < 4.78 is 0. The van der Waals surface area contributed by atoms with Gasteiger partial charge in [-0.25, -0.2) is 0 Å². The summed E-state index contributed by atoms with van der Waals surface area (Å²) in [6, 6.07) is 9.43. The van der Waals surface area contributed by atoms with Crippen LogP contribution in [0, 0.1) is 11.3 Å². The number of nitrogens with zero attached hydrogens (tertiary/aromatic N) is 1. The Hall–Kier alpha value is -2.65. The normalized spacial score (nSPS) is 12.8. The second-order valence-corrected chi connectivity index (χ2v) is 7.24. The number of benzene rings is 1. The van der Waals surface area contributed by atoms with Gasteiger partial charge in [-0.05, 0) is 48.9 Å². The van der Waals surface area contributed by atoms with Crippen molar-refractivity contribution in [2.24, 2.45) is 0 Å². The van der Waals surface area contributed by atoms with E-state index in [0.717, 1.165) is 36.8 Å². The van der Waals surface area contributed by atoms with Crippen LogP contribution in [0.2, 0.25) is 0 Å². The molecule has 3 rings (SSSR count). The second-order valence-electron chi connectivity index (χ2n) is 6.13. The van der Waals surface area contributed by atoms with E-state index in [0.29, 0.717) is 16.3 Å². The molecule has 0 fully saturated rings. The van der Waals surface area contributed by atoms with Gasteiger partial charge in [0.15, 0.2) is 0 Å². The number of anilines is 2. The molecule has 0 aliphatic heterocycles. The zero-order valence-corrected chi connectivity index (χ0v) is 14.8. The number of rotatable bonds is 4. The minimum Gasteiger partial charge on any atom is -0.326 e. The topological polar surface area (TPSA) is 82.0 Å². The largest absolute Gasteiger partial charge is 0.326 e. The van der Waals surface area contributed by atoms with Gasteiger partial charge in [-0.15, -0.1) is 11.3 Å². The first-order chi connectivity index (χ1) is 12.1. The molecule has 0 saturated carbocycles. The first kappa shape index (κ1) is 17.2. The Balaban J connectivity index is 1.68. The van der Waals surface area contributed by atoms with Gasteiger partial charge in [-0.2, -0.15) is 5.26 Å². The van der Waals surface area contributed by atoms with Crippen molar-refractivity contribution in [3.05, 3.63) is 45.8 Å². The van der Waals surface area contributed by atoms with Gasteiger partial charge in [-0.1, -0.05) is 12.1 Å². The highest BCUT2D eigenvalue weighted by atomic mass is 32.1. The van der Waals surface area contributed by atoms with Gasteiger partial charge in [0.1, 0.15) is 11.1 Å². The van der Waals surface area contributed by atoms with Crippen molar-refractivity contribution >= 4 is 33.8 Å². The van der Waals surface area contributed by atoms with Crippen molar-refractivity contribution in [2.75, 3.05) is 10.6 Å². The molecule has 0 unspecified atom stereocenters. The summed E-state index contributed by atoms with van der Waals surface area (Å²) in [6.07, 6.45) is 4.40. The van der Waals surface area contributed by atoms with Gasteiger partial charge < -0.3 is 10.6 Å². The smallest absolute Gasteiger partial charge is 0.229 e. The Labute approximate surface area is 150 Å². The van der Waals surface area contributed by atoms with Gasteiger partial charge in [0.25, 0.3) is 0 Å². The van der Waals surface area contributed by atoms with E-state index in [1.165, 1.54) is 23.1 Å². The number of thiophene rings is 1. The standard InChI is InChI=1S/C19H19N3O2S/c1-12(23)21-14-8-6-13(7-9-14)10-18(24)22-19-16(11-20)15-4-2-3-5-17(15)25-19/h6-9H,2-5,10H2,1H3,(H,21,23)(H,22,24). The maximum absolute atomic E-state index is 12.3. The first-order valence-corrected chi connectivity index (χ1v) is 9.09. The average Bonchev–Trinajstić information content (AvgIpc) is 2.93. The van der Waals surface area contributed by atoms with Crippen molar-refractivity contribution < 1.29 is 9.59 Å². The van der Waals surface area contributed by atoms with Crippen molar-refractivity contribution in [3.63, 3.8) is 0 Å². The van der Waals surface area contributed by atoms with Crippen LogP contribution in [0.4, 0.5) is 10.7 Å². The van der Waals surface area contributed by atoms with E-state index in [2.05, 4.69) is 16.7 Å². The van der Waals surface area contributed by atoms with Crippen LogP contribution in [0.1, 0.15) is 41.3 Å². The molecule has 2 aromatic rings. The van der Waals surface area contributed by atoms with Crippen LogP contribution in [-0.4, -0.2) is 11.8 Å². The number of amides is 2. The van der Waals surface area contributed by atoms with E-state index >= 15 is 0 Å². The number of hydrogen-bond acceptors (Lipinski definition) is 4. The number of hydrogen-bond donors (Lipinski definition) is 2. The van der Waals surface area contributed by atoms with Crippen molar-refractivity contribution in [2.45, 2.75) is 39.0 Å². The maximum Gasteiger partial charge on any atom is 0.229 e. The minimum absolute atomic E-state index is 0.129. The number of fused-ring (bicyclic) bond motifs is 1. The molecular weight excluding hydrogens is 334 g/mol. The number of carbonyl (C=O) groups excluding carboxylic acids is 2. The van der Waals surface area contributed by atoms with E-state index in [-0.39, 0.29) is 18.2 Å².